The van der Waals surface area contributed by atoms with Crippen LogP contribution in [0.5, 0.6) is 5.75 Å². The van der Waals surface area contributed by atoms with Crippen molar-refractivity contribution in [3.63, 3.8) is 0 Å². The third-order valence-corrected chi connectivity index (χ3v) is 6.83. The molecule has 7 heteroatoms. The smallest absolute Gasteiger partial charge is 0.241 e. The molecule has 1 aliphatic rings. The minimum Gasteiger partial charge on any atom is -0.493 e. The Balaban J connectivity index is 1.62. The van der Waals surface area contributed by atoms with Crippen LogP contribution in [0.4, 0.5) is 0 Å². The predicted molar refractivity (Wildman–Crippen MR) is 113 cm³/mol. The maximum Gasteiger partial charge on any atom is 0.241 e. The molecule has 0 radical (unpaired) electrons. The van der Waals surface area contributed by atoms with Gasteiger partial charge in [0.2, 0.25) is 10.0 Å². The molecule has 6 nitrogen and oxygen atoms in total. The summed E-state index contributed by atoms with van der Waals surface area (Å²) >= 11 is 0. The normalized spacial score (nSPS) is 16.3. The lowest BCUT2D eigenvalue weighted by Gasteiger charge is -2.26. The molecule has 1 fully saturated rings. The van der Waals surface area contributed by atoms with Gasteiger partial charge in [0.25, 0.3) is 0 Å². The molecule has 1 aliphatic heterocycles. The van der Waals surface area contributed by atoms with E-state index in [-0.39, 0.29) is 17.5 Å². The van der Waals surface area contributed by atoms with Crippen LogP contribution in [-0.4, -0.2) is 39.6 Å². The average molecular weight is 415 g/mol. The fraction of sp³-hybridized carbons (Fsp3) is 0.364. The van der Waals surface area contributed by atoms with E-state index in [0.29, 0.717) is 17.7 Å². The summed E-state index contributed by atoms with van der Waals surface area (Å²) in [6.45, 7) is 4.58. The van der Waals surface area contributed by atoms with Gasteiger partial charge in [0.1, 0.15) is 11.5 Å². The molecule has 154 valence electrons. The predicted octanol–water partition coefficient (Wildman–Crippen LogP) is 3.95. The molecule has 1 saturated heterocycles. The first-order valence-electron chi connectivity index (χ1n) is 10.0. The Hall–Kier alpha value is -2.35. The first kappa shape index (κ1) is 19.9. The Bertz CT molecular complexity index is 1060. The summed E-state index contributed by atoms with van der Waals surface area (Å²) in [4.78, 5) is 2.54. The Morgan fingerprint density at radius 2 is 1.83 bits per heavy atom. The van der Waals surface area contributed by atoms with E-state index in [4.69, 9.17) is 9.15 Å². The van der Waals surface area contributed by atoms with Crippen LogP contribution >= 0.6 is 0 Å². The molecule has 1 aromatic heterocycles. The van der Waals surface area contributed by atoms with E-state index in [1.807, 2.05) is 43.3 Å². The number of fused-ring (bicyclic) bond motifs is 1. The number of benzene rings is 2. The van der Waals surface area contributed by atoms with Gasteiger partial charge in [0.15, 0.2) is 0 Å². The van der Waals surface area contributed by atoms with Crippen LogP contribution in [-0.2, 0) is 10.0 Å². The average Bonchev–Trinajstić information content (AvgIpc) is 3.43. The van der Waals surface area contributed by atoms with E-state index < -0.39 is 10.0 Å². The van der Waals surface area contributed by atoms with Gasteiger partial charge in [0, 0.05) is 17.3 Å². The van der Waals surface area contributed by atoms with Crippen molar-refractivity contribution >= 4 is 20.8 Å². The van der Waals surface area contributed by atoms with E-state index in [1.165, 1.54) is 0 Å². The third kappa shape index (κ3) is 4.17. The summed E-state index contributed by atoms with van der Waals surface area (Å²) in [5.74, 6) is 1.47. The molecule has 1 atom stereocenters. The van der Waals surface area contributed by atoms with Crippen LogP contribution in [0.15, 0.2) is 64.1 Å². The topological polar surface area (TPSA) is 71.8 Å². The van der Waals surface area contributed by atoms with Gasteiger partial charge < -0.3 is 9.15 Å². The molecule has 4 rings (SSSR count). The molecule has 0 bridgehead atoms. The van der Waals surface area contributed by atoms with Crippen LogP contribution in [0.1, 0.15) is 31.6 Å². The number of sulfonamides is 1. The number of nitrogens with one attached hydrogen (secondary N) is 1. The van der Waals surface area contributed by atoms with Crippen molar-refractivity contribution in [3.8, 4) is 5.75 Å². The zero-order valence-electron chi connectivity index (χ0n) is 16.5. The van der Waals surface area contributed by atoms with Gasteiger partial charge in [-0.05, 0) is 57.1 Å². The molecule has 0 saturated carbocycles. The highest BCUT2D eigenvalue weighted by Crippen LogP contribution is 2.31. The number of hydrogen-bond donors (Lipinski definition) is 1. The monoisotopic (exact) mass is 414 g/mol. The number of nitrogens with zero attached hydrogens (tertiary/aromatic N) is 1. The van der Waals surface area contributed by atoms with E-state index in [1.54, 1.807) is 18.4 Å². The van der Waals surface area contributed by atoms with Crippen LogP contribution in [0.25, 0.3) is 10.8 Å². The number of hydrogen-bond acceptors (Lipinski definition) is 5. The van der Waals surface area contributed by atoms with Gasteiger partial charge in [-0.1, -0.05) is 24.3 Å². The minimum atomic E-state index is -3.71. The summed E-state index contributed by atoms with van der Waals surface area (Å²) < 4.78 is 40.5. The SMILES string of the molecule is CCOc1ccc(S(=O)(=O)NC[C@H](c2ccco2)N2CCCC2)c2ccccc12. The first-order chi connectivity index (χ1) is 14.1. The Morgan fingerprint density at radius 3 is 2.52 bits per heavy atom. The van der Waals surface area contributed by atoms with Crippen LogP contribution in [0.2, 0.25) is 0 Å². The standard InChI is InChI=1S/C22H26N2O4S/c1-2-27-20-11-12-22(18-9-4-3-8-17(18)20)29(25,26)23-16-19(21-10-7-15-28-21)24-13-5-6-14-24/h3-4,7-12,15,19,23H,2,5-6,13-14,16H2,1H3/t19-/m1/s1. The van der Waals surface area contributed by atoms with Crippen LogP contribution < -0.4 is 9.46 Å². The fourth-order valence-electron chi connectivity index (χ4n) is 3.97. The maximum absolute atomic E-state index is 13.2. The van der Waals surface area contributed by atoms with Gasteiger partial charge >= 0.3 is 0 Å². The second-order valence-corrected chi connectivity index (χ2v) is 8.90. The number of rotatable bonds is 8. The summed E-state index contributed by atoms with van der Waals surface area (Å²) in [7, 11) is -3.71. The highest BCUT2D eigenvalue weighted by Gasteiger charge is 2.28. The van der Waals surface area contributed by atoms with Crippen molar-refractivity contribution in [2.24, 2.45) is 0 Å². The molecule has 0 unspecified atom stereocenters. The lowest BCUT2D eigenvalue weighted by Crippen LogP contribution is -2.36. The summed E-state index contributed by atoms with van der Waals surface area (Å²) in [6.07, 6.45) is 3.87. The molecule has 2 aromatic carbocycles. The second-order valence-electron chi connectivity index (χ2n) is 7.17. The Morgan fingerprint density at radius 1 is 1.07 bits per heavy atom. The largest absolute Gasteiger partial charge is 0.493 e. The molecule has 3 aromatic rings. The quantitative estimate of drug-likeness (QED) is 0.604. The van der Waals surface area contributed by atoms with Crippen molar-refractivity contribution in [2.45, 2.75) is 30.7 Å². The molecular weight excluding hydrogens is 388 g/mol. The number of ether oxygens (including phenoxy) is 1. The second kappa shape index (κ2) is 8.57. The van der Waals surface area contributed by atoms with Crippen LogP contribution in [0.3, 0.4) is 0 Å². The van der Waals surface area contributed by atoms with Crippen molar-refractivity contribution in [1.82, 2.24) is 9.62 Å². The summed E-state index contributed by atoms with van der Waals surface area (Å²) in [6, 6.07) is 14.4. The number of likely N-dealkylation sites (tertiary alicyclic amines) is 1. The molecule has 1 N–H and O–H groups in total. The van der Waals surface area contributed by atoms with Crippen molar-refractivity contribution in [3.05, 3.63) is 60.6 Å². The zero-order chi connectivity index (χ0) is 20.3. The maximum atomic E-state index is 13.2. The van der Waals surface area contributed by atoms with Crippen molar-refractivity contribution < 1.29 is 17.6 Å². The van der Waals surface area contributed by atoms with E-state index >= 15 is 0 Å². The van der Waals surface area contributed by atoms with Crippen LogP contribution in [0, 0.1) is 0 Å². The minimum absolute atomic E-state index is 0.115. The highest BCUT2D eigenvalue weighted by atomic mass is 32.2. The van der Waals surface area contributed by atoms with Gasteiger partial charge in [-0.3, -0.25) is 4.90 Å². The first-order valence-corrected chi connectivity index (χ1v) is 11.5. The fourth-order valence-corrected chi connectivity index (χ4v) is 5.22. The summed E-state index contributed by atoms with van der Waals surface area (Å²) in [5.41, 5.74) is 0. The lowest BCUT2D eigenvalue weighted by molar-refractivity contribution is 0.216. The molecule has 0 aliphatic carbocycles. The highest BCUT2D eigenvalue weighted by molar-refractivity contribution is 7.89. The molecular formula is C22H26N2O4S. The Labute approximate surface area is 171 Å². The van der Waals surface area contributed by atoms with Crippen molar-refractivity contribution in [1.29, 1.82) is 0 Å². The lowest BCUT2D eigenvalue weighted by atomic mass is 10.1. The van der Waals surface area contributed by atoms with E-state index in [2.05, 4.69) is 9.62 Å². The van der Waals surface area contributed by atoms with Gasteiger partial charge in [-0.25, -0.2) is 13.1 Å². The molecule has 0 amide bonds. The number of furan rings is 1. The third-order valence-electron chi connectivity index (χ3n) is 5.35. The van der Waals surface area contributed by atoms with Gasteiger partial charge in [0.05, 0.1) is 23.8 Å². The molecule has 29 heavy (non-hydrogen) atoms. The van der Waals surface area contributed by atoms with Gasteiger partial charge in [-0.2, -0.15) is 0 Å². The van der Waals surface area contributed by atoms with E-state index in [9.17, 15) is 8.42 Å². The molecule has 0 spiro atoms. The van der Waals surface area contributed by atoms with Crippen molar-refractivity contribution in [2.75, 3.05) is 26.2 Å². The van der Waals surface area contributed by atoms with Gasteiger partial charge in [-0.15, -0.1) is 0 Å². The summed E-state index contributed by atoms with van der Waals surface area (Å²) in [5, 5.41) is 1.45. The Kier molecular flexibility index (Phi) is 5.89. The van der Waals surface area contributed by atoms with E-state index in [0.717, 1.165) is 37.1 Å². The molecule has 2 heterocycles. The zero-order valence-corrected chi connectivity index (χ0v) is 17.3.